The summed E-state index contributed by atoms with van der Waals surface area (Å²) in [5.74, 6) is -0.0436. The van der Waals surface area contributed by atoms with Crippen LogP contribution in [0.2, 0.25) is 0 Å². The zero-order valence-corrected chi connectivity index (χ0v) is 11.2. The van der Waals surface area contributed by atoms with Gasteiger partial charge >= 0.3 is 0 Å². The monoisotopic (exact) mass is 248 g/mol. The maximum absolute atomic E-state index is 11.2. The number of benzene rings is 1. The van der Waals surface area contributed by atoms with E-state index in [1.165, 1.54) is 5.56 Å². The summed E-state index contributed by atoms with van der Waals surface area (Å²) in [5, 5.41) is 0. The average Bonchev–Trinajstić information content (AvgIpc) is 3.04. The molecule has 0 N–H and O–H groups in total. The lowest BCUT2D eigenvalue weighted by Crippen LogP contribution is -2.21. The van der Waals surface area contributed by atoms with E-state index in [-0.39, 0.29) is 5.78 Å². The number of hydrogen-bond acceptors (Lipinski definition) is 3. The standard InChI is InChI=1S/C15H20O3/c1-4-17-15(18-5-2)10-14(15)13-8-6-12(7-9-13)11(3)16/h6-9,14H,4-5,10H2,1-3H3. The summed E-state index contributed by atoms with van der Waals surface area (Å²) >= 11 is 0. The van der Waals surface area contributed by atoms with Gasteiger partial charge in [-0.15, -0.1) is 0 Å². The van der Waals surface area contributed by atoms with Crippen molar-refractivity contribution in [2.24, 2.45) is 0 Å². The Labute approximate surface area is 108 Å². The van der Waals surface area contributed by atoms with Crippen molar-refractivity contribution in [3.63, 3.8) is 0 Å². The first-order chi connectivity index (χ1) is 8.63. The fourth-order valence-corrected chi connectivity index (χ4v) is 2.40. The summed E-state index contributed by atoms with van der Waals surface area (Å²) in [4.78, 5) is 11.2. The Bertz CT molecular complexity index is 416. The molecular weight excluding hydrogens is 228 g/mol. The van der Waals surface area contributed by atoms with Gasteiger partial charge in [-0.3, -0.25) is 4.79 Å². The SMILES string of the molecule is CCOC1(OCC)CC1c1ccc(C(C)=O)cc1. The van der Waals surface area contributed by atoms with Crippen molar-refractivity contribution in [3.05, 3.63) is 35.4 Å². The second kappa shape index (κ2) is 5.21. The minimum atomic E-state index is -0.429. The number of hydrogen-bond donors (Lipinski definition) is 0. The first kappa shape index (κ1) is 13.2. The highest BCUT2D eigenvalue weighted by Gasteiger charge is 2.57. The Morgan fingerprint density at radius 3 is 2.22 bits per heavy atom. The Morgan fingerprint density at radius 2 is 1.78 bits per heavy atom. The normalized spacial score (nSPS) is 20.7. The molecule has 1 aliphatic rings. The number of carbonyl (C=O) groups excluding carboxylic acids is 1. The van der Waals surface area contributed by atoms with E-state index in [2.05, 4.69) is 0 Å². The molecule has 1 aliphatic carbocycles. The molecule has 0 amide bonds. The molecule has 3 heteroatoms. The van der Waals surface area contributed by atoms with Crippen LogP contribution >= 0.6 is 0 Å². The molecule has 18 heavy (non-hydrogen) atoms. The summed E-state index contributed by atoms with van der Waals surface area (Å²) < 4.78 is 11.5. The maximum Gasteiger partial charge on any atom is 0.175 e. The van der Waals surface area contributed by atoms with Gasteiger partial charge in [0.25, 0.3) is 0 Å². The molecule has 0 saturated heterocycles. The predicted octanol–water partition coefficient (Wildman–Crippen LogP) is 3.15. The predicted molar refractivity (Wildman–Crippen MR) is 69.8 cm³/mol. The van der Waals surface area contributed by atoms with Crippen LogP contribution in [0.1, 0.15) is 49.0 Å². The van der Waals surface area contributed by atoms with Crippen LogP contribution in [-0.2, 0) is 9.47 Å². The lowest BCUT2D eigenvalue weighted by Gasteiger charge is -2.17. The van der Waals surface area contributed by atoms with Crippen LogP contribution < -0.4 is 0 Å². The minimum Gasteiger partial charge on any atom is -0.350 e. The van der Waals surface area contributed by atoms with Crippen molar-refractivity contribution in [1.82, 2.24) is 0 Å². The van der Waals surface area contributed by atoms with Gasteiger partial charge in [0.2, 0.25) is 0 Å². The van der Waals surface area contributed by atoms with Gasteiger partial charge in [-0.2, -0.15) is 0 Å². The van der Waals surface area contributed by atoms with Crippen molar-refractivity contribution in [3.8, 4) is 0 Å². The van der Waals surface area contributed by atoms with E-state index in [0.29, 0.717) is 19.1 Å². The molecule has 98 valence electrons. The van der Waals surface area contributed by atoms with Gasteiger partial charge < -0.3 is 9.47 Å². The van der Waals surface area contributed by atoms with Crippen molar-refractivity contribution in [2.75, 3.05) is 13.2 Å². The fourth-order valence-electron chi connectivity index (χ4n) is 2.40. The maximum atomic E-state index is 11.2. The van der Waals surface area contributed by atoms with Crippen LogP contribution in [0.25, 0.3) is 0 Å². The van der Waals surface area contributed by atoms with Crippen molar-refractivity contribution in [1.29, 1.82) is 0 Å². The van der Waals surface area contributed by atoms with Gasteiger partial charge in [0.15, 0.2) is 11.6 Å². The first-order valence-electron chi connectivity index (χ1n) is 6.51. The largest absolute Gasteiger partial charge is 0.350 e. The van der Waals surface area contributed by atoms with E-state index in [1.807, 2.05) is 38.1 Å². The van der Waals surface area contributed by atoms with E-state index >= 15 is 0 Å². The molecule has 1 aromatic carbocycles. The molecule has 3 nitrogen and oxygen atoms in total. The van der Waals surface area contributed by atoms with E-state index in [1.54, 1.807) is 6.92 Å². The zero-order valence-electron chi connectivity index (χ0n) is 11.2. The minimum absolute atomic E-state index is 0.0956. The molecular formula is C15H20O3. The number of carbonyl (C=O) groups is 1. The van der Waals surface area contributed by atoms with Gasteiger partial charge in [-0.25, -0.2) is 0 Å². The van der Waals surface area contributed by atoms with Crippen LogP contribution in [0, 0.1) is 0 Å². The van der Waals surface area contributed by atoms with Gasteiger partial charge in [0, 0.05) is 31.1 Å². The van der Waals surface area contributed by atoms with Gasteiger partial charge in [0.05, 0.1) is 0 Å². The third-order valence-corrected chi connectivity index (χ3v) is 3.36. The summed E-state index contributed by atoms with van der Waals surface area (Å²) in [7, 11) is 0. The average molecular weight is 248 g/mol. The topological polar surface area (TPSA) is 35.5 Å². The lowest BCUT2D eigenvalue weighted by molar-refractivity contribution is -0.164. The van der Waals surface area contributed by atoms with Crippen LogP contribution in [0.3, 0.4) is 0 Å². The molecule has 0 spiro atoms. The third-order valence-electron chi connectivity index (χ3n) is 3.36. The van der Waals surface area contributed by atoms with E-state index in [9.17, 15) is 4.79 Å². The third kappa shape index (κ3) is 2.47. The summed E-state index contributed by atoms with van der Waals surface area (Å²) in [6.07, 6.45) is 0.897. The second-order valence-electron chi connectivity index (χ2n) is 4.61. The van der Waals surface area contributed by atoms with Gasteiger partial charge in [0.1, 0.15) is 0 Å². The van der Waals surface area contributed by atoms with Gasteiger partial charge in [-0.05, 0) is 26.3 Å². The number of Topliss-reactive ketones (excluding diaryl/α,β-unsaturated/α-hetero) is 1. The molecule has 0 bridgehead atoms. The van der Waals surface area contributed by atoms with Crippen LogP contribution in [0.5, 0.6) is 0 Å². The van der Waals surface area contributed by atoms with Crippen LogP contribution in [-0.4, -0.2) is 24.8 Å². The smallest absolute Gasteiger partial charge is 0.175 e. The lowest BCUT2D eigenvalue weighted by atomic mass is 10.1. The Balaban J connectivity index is 2.11. The molecule has 0 aromatic heterocycles. The number of rotatable bonds is 6. The van der Waals surface area contributed by atoms with E-state index in [4.69, 9.17) is 9.47 Å². The van der Waals surface area contributed by atoms with Crippen LogP contribution in [0.15, 0.2) is 24.3 Å². The summed E-state index contributed by atoms with van der Waals surface area (Å²) in [6, 6.07) is 7.75. The molecule has 0 heterocycles. The highest BCUT2D eigenvalue weighted by molar-refractivity contribution is 5.94. The molecule has 0 radical (unpaired) electrons. The molecule has 0 aliphatic heterocycles. The Kier molecular flexibility index (Phi) is 3.83. The molecule has 1 fully saturated rings. The molecule has 1 atom stereocenters. The quantitative estimate of drug-likeness (QED) is 0.573. The molecule has 1 unspecified atom stereocenters. The van der Waals surface area contributed by atoms with Gasteiger partial charge in [-0.1, -0.05) is 24.3 Å². The highest BCUT2D eigenvalue weighted by atomic mass is 16.7. The highest BCUT2D eigenvalue weighted by Crippen LogP contribution is 2.55. The van der Waals surface area contributed by atoms with Crippen LogP contribution in [0.4, 0.5) is 0 Å². The van der Waals surface area contributed by atoms with Crippen molar-refractivity contribution >= 4 is 5.78 Å². The van der Waals surface area contributed by atoms with E-state index in [0.717, 1.165) is 12.0 Å². The Hall–Kier alpha value is -1.19. The molecule has 2 rings (SSSR count). The number of ether oxygens (including phenoxy) is 2. The van der Waals surface area contributed by atoms with E-state index < -0.39 is 5.79 Å². The zero-order chi connectivity index (χ0) is 13.2. The molecule has 1 aromatic rings. The number of ketones is 1. The van der Waals surface area contributed by atoms with Crippen molar-refractivity contribution in [2.45, 2.75) is 38.9 Å². The summed E-state index contributed by atoms with van der Waals surface area (Å²) in [6.45, 7) is 6.85. The second-order valence-corrected chi connectivity index (χ2v) is 4.61. The molecule has 1 saturated carbocycles. The first-order valence-corrected chi connectivity index (χ1v) is 6.51. The Morgan fingerprint density at radius 1 is 1.22 bits per heavy atom. The van der Waals surface area contributed by atoms with Crippen molar-refractivity contribution < 1.29 is 14.3 Å². The fraction of sp³-hybridized carbons (Fsp3) is 0.533. The summed E-state index contributed by atoms with van der Waals surface area (Å²) in [5.41, 5.74) is 1.93.